The highest BCUT2D eigenvalue weighted by Crippen LogP contribution is 2.26. The Hall–Kier alpha value is -1.13. The number of hydrogen-bond acceptors (Lipinski definition) is 4. The van der Waals surface area contributed by atoms with E-state index in [2.05, 4.69) is 22.1 Å². The topological polar surface area (TPSA) is 38.7 Å². The highest BCUT2D eigenvalue weighted by molar-refractivity contribution is 7.99. The Balaban J connectivity index is 2.40. The van der Waals surface area contributed by atoms with E-state index >= 15 is 0 Å². The van der Waals surface area contributed by atoms with Crippen LogP contribution in [0.3, 0.4) is 0 Å². The molecular formula is C11H10ClN3S. The second-order valence-electron chi connectivity index (χ2n) is 3.04. The van der Waals surface area contributed by atoms with Crippen LogP contribution >= 0.6 is 23.4 Å². The normalized spacial score (nSPS) is 10.4. The van der Waals surface area contributed by atoms with Crippen LogP contribution in [0.5, 0.6) is 0 Å². The Morgan fingerprint density at radius 2 is 2.12 bits per heavy atom. The van der Waals surface area contributed by atoms with E-state index in [9.17, 15) is 0 Å². The largest absolute Gasteiger partial charge is 0.219 e. The van der Waals surface area contributed by atoms with Crippen LogP contribution in [0.25, 0.3) is 11.3 Å². The summed E-state index contributed by atoms with van der Waals surface area (Å²) in [6, 6.07) is 7.58. The van der Waals surface area contributed by atoms with Crippen molar-refractivity contribution in [3.05, 3.63) is 35.5 Å². The van der Waals surface area contributed by atoms with Crippen molar-refractivity contribution in [2.75, 3.05) is 5.75 Å². The molecule has 0 bridgehead atoms. The quantitative estimate of drug-likeness (QED) is 0.785. The number of aromatic nitrogens is 3. The minimum absolute atomic E-state index is 0.676. The van der Waals surface area contributed by atoms with E-state index in [1.165, 1.54) is 0 Å². The summed E-state index contributed by atoms with van der Waals surface area (Å²) in [4.78, 5) is 4.40. The fourth-order valence-electron chi connectivity index (χ4n) is 1.28. The number of benzene rings is 1. The number of nitrogens with zero attached hydrogens (tertiary/aromatic N) is 3. The highest BCUT2D eigenvalue weighted by Gasteiger charge is 2.06. The monoisotopic (exact) mass is 251 g/mol. The third-order valence-electron chi connectivity index (χ3n) is 1.96. The van der Waals surface area contributed by atoms with Gasteiger partial charge in [-0.2, -0.15) is 5.10 Å². The van der Waals surface area contributed by atoms with Gasteiger partial charge in [0.05, 0.1) is 16.9 Å². The minimum Gasteiger partial charge on any atom is -0.219 e. The summed E-state index contributed by atoms with van der Waals surface area (Å²) >= 11 is 7.66. The molecule has 1 aromatic carbocycles. The van der Waals surface area contributed by atoms with Crippen molar-refractivity contribution < 1.29 is 0 Å². The number of hydrogen-bond donors (Lipinski definition) is 0. The lowest BCUT2D eigenvalue weighted by atomic mass is 10.2. The van der Waals surface area contributed by atoms with Gasteiger partial charge in [-0.05, 0) is 11.8 Å². The molecule has 0 aliphatic heterocycles. The molecule has 0 radical (unpaired) electrons. The van der Waals surface area contributed by atoms with Crippen molar-refractivity contribution in [1.82, 2.24) is 15.2 Å². The molecule has 1 aromatic heterocycles. The van der Waals surface area contributed by atoms with Gasteiger partial charge in [-0.15, -0.1) is 5.10 Å². The summed E-state index contributed by atoms with van der Waals surface area (Å²) in [7, 11) is 0. The molecule has 0 aliphatic rings. The summed E-state index contributed by atoms with van der Waals surface area (Å²) in [5.41, 5.74) is 1.65. The molecule has 2 rings (SSSR count). The van der Waals surface area contributed by atoms with Crippen LogP contribution in [-0.2, 0) is 0 Å². The van der Waals surface area contributed by atoms with Crippen molar-refractivity contribution in [2.45, 2.75) is 12.1 Å². The summed E-state index contributed by atoms with van der Waals surface area (Å²) in [6.45, 7) is 2.05. The van der Waals surface area contributed by atoms with Crippen LogP contribution in [0.2, 0.25) is 5.02 Å². The number of halogens is 1. The maximum absolute atomic E-state index is 6.09. The second kappa shape index (κ2) is 5.27. The first-order chi connectivity index (χ1) is 7.81. The first kappa shape index (κ1) is 11.4. The lowest BCUT2D eigenvalue weighted by Gasteiger charge is -2.03. The van der Waals surface area contributed by atoms with Crippen molar-refractivity contribution in [2.24, 2.45) is 0 Å². The minimum atomic E-state index is 0.676. The molecule has 0 saturated carbocycles. The van der Waals surface area contributed by atoms with E-state index in [1.807, 2.05) is 24.3 Å². The van der Waals surface area contributed by atoms with Crippen molar-refractivity contribution in [3.8, 4) is 11.3 Å². The van der Waals surface area contributed by atoms with Gasteiger partial charge in [0.25, 0.3) is 0 Å². The van der Waals surface area contributed by atoms with E-state index in [0.717, 1.165) is 17.0 Å². The summed E-state index contributed by atoms with van der Waals surface area (Å²) in [5, 5.41) is 9.23. The first-order valence-electron chi connectivity index (χ1n) is 4.88. The summed E-state index contributed by atoms with van der Waals surface area (Å²) < 4.78 is 0. The Labute approximate surface area is 103 Å². The predicted molar refractivity (Wildman–Crippen MR) is 66.7 cm³/mol. The third-order valence-corrected chi connectivity index (χ3v) is 3.01. The van der Waals surface area contributed by atoms with Crippen LogP contribution in [0.15, 0.2) is 35.6 Å². The fraction of sp³-hybridized carbons (Fsp3) is 0.182. The van der Waals surface area contributed by atoms with E-state index < -0.39 is 0 Å². The zero-order valence-electron chi connectivity index (χ0n) is 8.72. The maximum Gasteiger partial charge on any atom is 0.209 e. The van der Waals surface area contributed by atoms with Gasteiger partial charge in [0, 0.05) is 5.56 Å². The molecular weight excluding hydrogens is 242 g/mol. The smallest absolute Gasteiger partial charge is 0.209 e. The van der Waals surface area contributed by atoms with Crippen molar-refractivity contribution in [3.63, 3.8) is 0 Å². The third kappa shape index (κ3) is 2.51. The maximum atomic E-state index is 6.09. The molecule has 0 amide bonds. The average molecular weight is 252 g/mol. The van der Waals surface area contributed by atoms with E-state index in [-0.39, 0.29) is 0 Å². The van der Waals surface area contributed by atoms with Gasteiger partial charge >= 0.3 is 0 Å². The Bertz CT molecular complexity index is 490. The van der Waals surface area contributed by atoms with Gasteiger partial charge in [-0.25, -0.2) is 4.98 Å². The van der Waals surface area contributed by atoms with Gasteiger partial charge in [-0.3, -0.25) is 0 Å². The van der Waals surface area contributed by atoms with Crippen LogP contribution in [0, 0.1) is 0 Å². The first-order valence-corrected chi connectivity index (χ1v) is 6.25. The molecule has 0 spiro atoms. The Morgan fingerprint density at radius 1 is 1.31 bits per heavy atom. The molecule has 0 saturated heterocycles. The van der Waals surface area contributed by atoms with Crippen LogP contribution < -0.4 is 0 Å². The summed E-state index contributed by atoms with van der Waals surface area (Å²) in [5.74, 6) is 0.924. The molecule has 0 N–H and O–H groups in total. The second-order valence-corrected chi connectivity index (χ2v) is 4.68. The van der Waals surface area contributed by atoms with E-state index in [1.54, 1.807) is 18.0 Å². The van der Waals surface area contributed by atoms with Crippen LogP contribution in [0.4, 0.5) is 0 Å². The molecule has 16 heavy (non-hydrogen) atoms. The zero-order chi connectivity index (χ0) is 11.4. The van der Waals surface area contributed by atoms with Crippen molar-refractivity contribution in [1.29, 1.82) is 0 Å². The van der Waals surface area contributed by atoms with E-state index in [4.69, 9.17) is 11.6 Å². The molecule has 2 aromatic rings. The molecule has 1 heterocycles. The van der Waals surface area contributed by atoms with Gasteiger partial charge in [0.15, 0.2) is 0 Å². The predicted octanol–water partition coefficient (Wildman–Crippen LogP) is 3.30. The SMILES string of the molecule is CCSc1nncc(-c2ccccc2Cl)n1. The standard InChI is InChI=1S/C11H10ClN3S/c1-2-16-11-14-10(7-13-15-11)8-5-3-4-6-9(8)12/h3-7H,2H2,1H3. The zero-order valence-corrected chi connectivity index (χ0v) is 10.3. The number of rotatable bonds is 3. The summed E-state index contributed by atoms with van der Waals surface area (Å²) in [6.07, 6.45) is 1.63. The van der Waals surface area contributed by atoms with Gasteiger partial charge in [0.1, 0.15) is 0 Å². The van der Waals surface area contributed by atoms with Gasteiger partial charge < -0.3 is 0 Å². The fourth-order valence-corrected chi connectivity index (χ4v) is 2.03. The van der Waals surface area contributed by atoms with Crippen LogP contribution in [-0.4, -0.2) is 20.9 Å². The number of thioether (sulfide) groups is 1. The molecule has 5 heteroatoms. The van der Waals surface area contributed by atoms with Gasteiger partial charge in [0.2, 0.25) is 5.16 Å². The lowest BCUT2D eigenvalue weighted by molar-refractivity contribution is 0.844. The van der Waals surface area contributed by atoms with Crippen LogP contribution in [0.1, 0.15) is 6.92 Å². The molecule has 82 valence electrons. The molecule has 0 fully saturated rings. The van der Waals surface area contributed by atoms with E-state index in [0.29, 0.717) is 10.2 Å². The van der Waals surface area contributed by atoms with Gasteiger partial charge in [-0.1, -0.05) is 48.5 Å². The van der Waals surface area contributed by atoms with Crippen molar-refractivity contribution >= 4 is 23.4 Å². The average Bonchev–Trinajstić information content (AvgIpc) is 2.30. The highest BCUT2D eigenvalue weighted by atomic mass is 35.5. The molecule has 0 unspecified atom stereocenters. The molecule has 0 atom stereocenters. The Morgan fingerprint density at radius 3 is 2.88 bits per heavy atom. The lowest BCUT2D eigenvalue weighted by Crippen LogP contribution is -1.93. The molecule has 3 nitrogen and oxygen atoms in total. The molecule has 0 aliphatic carbocycles. The Kier molecular flexibility index (Phi) is 3.74.